The summed E-state index contributed by atoms with van der Waals surface area (Å²) >= 11 is 13.4. The molecule has 252 valence electrons. The molecule has 1 amide bonds. The van der Waals surface area contributed by atoms with E-state index in [1.165, 1.54) is 27.1 Å². The van der Waals surface area contributed by atoms with E-state index < -0.39 is 28.7 Å². The first-order chi connectivity index (χ1) is 22.6. The van der Waals surface area contributed by atoms with Gasteiger partial charge in [-0.25, -0.2) is 9.59 Å². The van der Waals surface area contributed by atoms with Crippen molar-refractivity contribution in [2.75, 3.05) is 66.3 Å². The first-order valence-electron chi connectivity index (χ1n) is 15.6. The standard InChI is InChI=1S/C34H40Cl2N4O6S/c1-38-14-8-9-22(38)20-39-15-17-40(18-16-39)28(41)19-26-30(33(42)45-2)32(29-24(35)12-7-13-25(29)36)31(34(43)46-3)27(37-26)21-47(44)23-10-5-4-6-11-23/h4-7,10-13,22,32,37H,8-9,14-21H2,1-3H3. The largest absolute Gasteiger partial charge is 0.466 e. The minimum absolute atomic E-state index is 0.00778. The van der Waals surface area contributed by atoms with Crippen molar-refractivity contribution in [2.24, 2.45) is 0 Å². The number of hydrogen-bond acceptors (Lipinski definition) is 9. The van der Waals surface area contributed by atoms with Crippen LogP contribution in [0.3, 0.4) is 0 Å². The van der Waals surface area contributed by atoms with Crippen molar-refractivity contribution in [3.63, 3.8) is 0 Å². The third kappa shape index (κ3) is 7.92. The Kier molecular flexibility index (Phi) is 11.8. The Balaban J connectivity index is 1.51. The molecule has 2 aromatic rings. The van der Waals surface area contributed by atoms with Crippen molar-refractivity contribution in [3.8, 4) is 0 Å². The molecule has 0 spiro atoms. The third-order valence-corrected chi connectivity index (χ3v) is 11.1. The van der Waals surface area contributed by atoms with Gasteiger partial charge in [0.2, 0.25) is 5.91 Å². The second kappa shape index (κ2) is 15.8. The second-order valence-electron chi connectivity index (χ2n) is 11.9. The molecule has 3 atom stereocenters. The number of methoxy groups -OCH3 is 2. The van der Waals surface area contributed by atoms with Gasteiger partial charge >= 0.3 is 11.9 Å². The summed E-state index contributed by atoms with van der Waals surface area (Å²) in [7, 11) is 3.00. The topological polar surface area (TPSA) is 108 Å². The van der Waals surface area contributed by atoms with Gasteiger partial charge < -0.3 is 24.6 Å². The maximum Gasteiger partial charge on any atom is 0.336 e. The van der Waals surface area contributed by atoms with Crippen LogP contribution in [-0.4, -0.2) is 109 Å². The van der Waals surface area contributed by atoms with Gasteiger partial charge in [-0.3, -0.25) is 13.9 Å². The molecule has 0 radical (unpaired) electrons. The maximum absolute atomic E-state index is 13.9. The lowest BCUT2D eigenvalue weighted by molar-refractivity contribution is -0.137. The number of carbonyl (C=O) groups excluding carboxylic acids is 3. The summed E-state index contributed by atoms with van der Waals surface area (Å²) in [6, 6.07) is 14.2. The fourth-order valence-electron chi connectivity index (χ4n) is 6.58. The van der Waals surface area contributed by atoms with E-state index in [1.807, 2.05) is 6.07 Å². The van der Waals surface area contributed by atoms with Crippen LogP contribution in [-0.2, 0) is 34.7 Å². The van der Waals surface area contributed by atoms with Crippen molar-refractivity contribution in [2.45, 2.75) is 36.1 Å². The summed E-state index contributed by atoms with van der Waals surface area (Å²) in [5.41, 5.74) is 0.755. The Morgan fingerprint density at radius 2 is 1.49 bits per heavy atom. The van der Waals surface area contributed by atoms with Gasteiger partial charge in [-0.2, -0.15) is 0 Å². The van der Waals surface area contributed by atoms with Crippen molar-refractivity contribution >= 4 is 51.8 Å². The number of piperazine rings is 1. The number of halogens is 2. The number of amides is 1. The Morgan fingerprint density at radius 1 is 0.872 bits per heavy atom. The van der Waals surface area contributed by atoms with E-state index in [9.17, 15) is 18.6 Å². The van der Waals surface area contributed by atoms with Crippen LogP contribution in [0.4, 0.5) is 0 Å². The predicted molar refractivity (Wildman–Crippen MR) is 181 cm³/mol. The highest BCUT2D eigenvalue weighted by Crippen LogP contribution is 2.45. The van der Waals surface area contributed by atoms with E-state index in [0.717, 1.165) is 26.2 Å². The third-order valence-electron chi connectivity index (χ3n) is 9.10. The first-order valence-corrected chi connectivity index (χ1v) is 17.7. The van der Waals surface area contributed by atoms with Crippen LogP contribution in [0, 0.1) is 0 Å². The SMILES string of the molecule is COC(=O)C1=C(CC(=O)N2CCN(CC3CCCN3C)CC2)NC(CS(=O)c2ccccc2)=C(C(=O)OC)C1c1c(Cl)cccc1Cl. The quantitative estimate of drug-likeness (QED) is 0.368. The zero-order chi connectivity index (χ0) is 33.7. The highest BCUT2D eigenvalue weighted by Gasteiger charge is 2.42. The molecule has 5 rings (SSSR count). The van der Waals surface area contributed by atoms with Gasteiger partial charge in [-0.05, 0) is 50.7 Å². The van der Waals surface area contributed by atoms with Crippen LogP contribution in [0.15, 0.2) is 76.0 Å². The highest BCUT2D eigenvalue weighted by atomic mass is 35.5. The number of hydrogen-bond donors (Lipinski definition) is 1. The van der Waals surface area contributed by atoms with Crippen molar-refractivity contribution in [3.05, 3.63) is 86.7 Å². The average Bonchev–Trinajstić information content (AvgIpc) is 3.48. The molecule has 13 heteroatoms. The molecule has 3 aliphatic rings. The van der Waals surface area contributed by atoms with Gasteiger partial charge in [0.15, 0.2) is 0 Å². The van der Waals surface area contributed by atoms with Crippen LogP contribution in [0.1, 0.15) is 30.7 Å². The summed E-state index contributed by atoms with van der Waals surface area (Å²) in [5.74, 6) is -3.03. The van der Waals surface area contributed by atoms with Crippen LogP contribution in [0.2, 0.25) is 10.0 Å². The van der Waals surface area contributed by atoms with Crippen LogP contribution >= 0.6 is 23.2 Å². The molecule has 2 fully saturated rings. The Labute approximate surface area is 288 Å². The zero-order valence-corrected chi connectivity index (χ0v) is 29.1. The number of likely N-dealkylation sites (tertiary alicyclic amines) is 1. The van der Waals surface area contributed by atoms with Crippen molar-refractivity contribution in [1.29, 1.82) is 0 Å². The molecule has 1 N–H and O–H groups in total. The molecule has 3 unspecified atom stereocenters. The molecular weight excluding hydrogens is 663 g/mol. The van der Waals surface area contributed by atoms with Gasteiger partial charge in [0.25, 0.3) is 0 Å². The first kappa shape index (κ1) is 35.1. The van der Waals surface area contributed by atoms with Gasteiger partial charge in [-0.1, -0.05) is 47.5 Å². The molecule has 0 saturated carbocycles. The Bertz CT molecular complexity index is 1570. The van der Waals surface area contributed by atoms with E-state index in [4.69, 9.17) is 32.7 Å². The van der Waals surface area contributed by atoms with Gasteiger partial charge in [-0.15, -0.1) is 0 Å². The summed E-state index contributed by atoms with van der Waals surface area (Å²) < 4.78 is 24.0. The number of ether oxygens (including phenoxy) is 2. The minimum atomic E-state index is -1.60. The lowest BCUT2D eigenvalue weighted by atomic mass is 9.79. The number of dihydropyridines is 1. The molecule has 3 aliphatic heterocycles. The van der Waals surface area contributed by atoms with Gasteiger partial charge in [0, 0.05) is 70.7 Å². The summed E-state index contributed by atoms with van der Waals surface area (Å²) in [6.45, 7) is 4.67. The number of carbonyl (C=O) groups is 3. The molecule has 47 heavy (non-hydrogen) atoms. The zero-order valence-electron chi connectivity index (χ0n) is 26.8. The summed E-state index contributed by atoms with van der Waals surface area (Å²) in [6.07, 6.45) is 2.20. The van der Waals surface area contributed by atoms with Gasteiger partial charge in [0.1, 0.15) is 0 Å². The maximum atomic E-state index is 13.9. The molecule has 10 nitrogen and oxygen atoms in total. The predicted octanol–water partition coefficient (Wildman–Crippen LogP) is 3.97. The normalized spacial score (nSPS) is 21.4. The smallest absolute Gasteiger partial charge is 0.336 e. The lowest BCUT2D eigenvalue weighted by Gasteiger charge is -2.38. The minimum Gasteiger partial charge on any atom is -0.466 e. The monoisotopic (exact) mass is 702 g/mol. The summed E-state index contributed by atoms with van der Waals surface area (Å²) in [5, 5.41) is 3.57. The van der Waals surface area contributed by atoms with Crippen LogP contribution < -0.4 is 5.32 Å². The fourth-order valence-corrected chi connectivity index (χ4v) is 8.31. The molecule has 0 bridgehead atoms. The molecular formula is C34H40Cl2N4O6S. The average molecular weight is 704 g/mol. The fraction of sp³-hybridized carbons (Fsp3) is 0.441. The van der Waals surface area contributed by atoms with Crippen molar-refractivity contribution in [1.82, 2.24) is 20.0 Å². The number of nitrogens with one attached hydrogen (secondary N) is 1. The van der Waals surface area contributed by atoms with Crippen LogP contribution in [0.25, 0.3) is 0 Å². The molecule has 3 heterocycles. The van der Waals surface area contributed by atoms with E-state index in [-0.39, 0.29) is 56.2 Å². The van der Waals surface area contributed by atoms with E-state index in [0.29, 0.717) is 24.0 Å². The number of likely N-dealkylation sites (N-methyl/N-ethyl adjacent to an activating group) is 1. The van der Waals surface area contributed by atoms with E-state index >= 15 is 0 Å². The molecule has 0 aliphatic carbocycles. The van der Waals surface area contributed by atoms with Crippen molar-refractivity contribution < 1.29 is 28.1 Å². The molecule has 2 aromatic carbocycles. The second-order valence-corrected chi connectivity index (χ2v) is 14.2. The van der Waals surface area contributed by atoms with E-state index in [2.05, 4.69) is 22.2 Å². The lowest BCUT2D eigenvalue weighted by Crippen LogP contribution is -2.51. The number of nitrogens with zero attached hydrogens (tertiary/aromatic N) is 3. The number of benzene rings is 2. The van der Waals surface area contributed by atoms with Gasteiger partial charge in [0.05, 0.1) is 54.3 Å². The molecule has 0 aromatic heterocycles. The number of esters is 2. The highest BCUT2D eigenvalue weighted by molar-refractivity contribution is 7.85. The Morgan fingerprint density at radius 3 is 2.06 bits per heavy atom. The van der Waals surface area contributed by atoms with E-state index in [1.54, 1.807) is 47.4 Å². The number of rotatable bonds is 10. The summed E-state index contributed by atoms with van der Waals surface area (Å²) in [4.78, 5) is 48.2. The Hall–Kier alpha value is -3.22. The van der Waals surface area contributed by atoms with Crippen LogP contribution in [0.5, 0.6) is 0 Å². The molecule has 2 saturated heterocycles.